The van der Waals surface area contributed by atoms with Gasteiger partial charge in [0.25, 0.3) is 0 Å². The van der Waals surface area contributed by atoms with E-state index in [-0.39, 0.29) is 31.1 Å². The first kappa shape index (κ1) is 50.6. The molecule has 6 nitrogen and oxygen atoms in total. The second-order valence-electron chi connectivity index (χ2n) is 13.9. The highest BCUT2D eigenvalue weighted by atomic mass is 16.6. The minimum Gasteiger partial charge on any atom is -0.462 e. The molecule has 0 aliphatic heterocycles. The monoisotopic (exact) mass is 751 g/mol. The van der Waals surface area contributed by atoms with Gasteiger partial charge in [0.2, 0.25) is 0 Å². The molecule has 6 heteroatoms. The van der Waals surface area contributed by atoms with Gasteiger partial charge >= 0.3 is 17.9 Å². The smallest absolute Gasteiger partial charge is 0.306 e. The summed E-state index contributed by atoms with van der Waals surface area (Å²) in [6, 6.07) is 0. The fraction of sp³-hybridized carbons (Fsp3) is 0.646. The quantitative estimate of drug-likeness (QED) is 0.0272. The van der Waals surface area contributed by atoms with Gasteiger partial charge in [-0.25, -0.2) is 0 Å². The standard InChI is InChI=1S/C48H78O6/c1-4-7-10-13-15-17-19-20-21-22-23-24-25-26-27-28-29-31-32-35-38-41-47(50)53-44-45(43-52-46(49)40-37-34-12-9-6-3)54-48(51)42-39-36-33-30-18-16-14-11-8-5-2/h7,10-11,14-15,17,20-21,23-24,26-27,29,31,45H,4-6,8-9,12-13,16,18-19,22,25,28,30,32-44H2,1-3H3/b10-7-,14-11-,17-15-,21-20-,24-23-,27-26-,31-29-. The molecule has 0 spiro atoms. The van der Waals surface area contributed by atoms with Crippen LogP contribution in [0.5, 0.6) is 0 Å². The SMILES string of the molecule is CC/C=C\C/C=C\C/C=C\C/C=C\C/C=C\C/C=C\CCCCC(=O)OCC(COC(=O)CCCCCCC)OC(=O)CCCCCCC/C=C\CCC. The third kappa shape index (κ3) is 39.8. The number of rotatable bonds is 37. The summed E-state index contributed by atoms with van der Waals surface area (Å²) in [6.07, 6.45) is 53.2. The third-order valence-corrected chi connectivity index (χ3v) is 8.61. The highest BCUT2D eigenvalue weighted by molar-refractivity contribution is 5.71. The molecule has 0 aliphatic carbocycles. The Balaban J connectivity index is 4.30. The average molecular weight is 751 g/mol. The maximum absolute atomic E-state index is 12.6. The predicted molar refractivity (Wildman–Crippen MR) is 228 cm³/mol. The van der Waals surface area contributed by atoms with Crippen LogP contribution in [0.1, 0.15) is 181 Å². The van der Waals surface area contributed by atoms with Crippen molar-refractivity contribution in [2.45, 2.75) is 187 Å². The Kier molecular flexibility index (Phi) is 39.7. The highest BCUT2D eigenvalue weighted by Crippen LogP contribution is 2.11. The largest absolute Gasteiger partial charge is 0.462 e. The maximum Gasteiger partial charge on any atom is 0.306 e. The van der Waals surface area contributed by atoms with Crippen LogP contribution < -0.4 is 0 Å². The molecule has 0 aromatic rings. The van der Waals surface area contributed by atoms with Crippen molar-refractivity contribution < 1.29 is 28.6 Å². The first-order chi connectivity index (χ1) is 26.5. The highest BCUT2D eigenvalue weighted by Gasteiger charge is 2.19. The zero-order valence-corrected chi connectivity index (χ0v) is 34.7. The Morgan fingerprint density at radius 1 is 0.389 bits per heavy atom. The van der Waals surface area contributed by atoms with Gasteiger partial charge in [-0.2, -0.15) is 0 Å². The summed E-state index contributed by atoms with van der Waals surface area (Å²) in [4.78, 5) is 37.3. The molecule has 0 amide bonds. The van der Waals surface area contributed by atoms with Gasteiger partial charge in [-0.1, -0.05) is 157 Å². The molecular formula is C48H78O6. The molecule has 0 saturated carbocycles. The number of ether oxygens (including phenoxy) is 3. The summed E-state index contributed by atoms with van der Waals surface area (Å²) < 4.78 is 16.5. The van der Waals surface area contributed by atoms with E-state index in [0.717, 1.165) is 128 Å². The number of carbonyl (C=O) groups excluding carboxylic acids is 3. The summed E-state index contributed by atoms with van der Waals surface area (Å²) in [6.45, 7) is 6.29. The van der Waals surface area contributed by atoms with E-state index in [0.29, 0.717) is 19.3 Å². The molecule has 0 aromatic heterocycles. The van der Waals surface area contributed by atoms with Crippen molar-refractivity contribution in [3.05, 3.63) is 85.1 Å². The zero-order chi connectivity index (χ0) is 39.4. The molecule has 0 N–H and O–H groups in total. The molecule has 0 heterocycles. The van der Waals surface area contributed by atoms with Gasteiger partial charge in [0.1, 0.15) is 13.2 Å². The second kappa shape index (κ2) is 42.3. The molecule has 1 unspecified atom stereocenters. The number of hydrogen-bond acceptors (Lipinski definition) is 6. The molecule has 0 aliphatic rings. The molecule has 0 fully saturated rings. The van der Waals surface area contributed by atoms with Crippen LogP contribution in [-0.4, -0.2) is 37.2 Å². The van der Waals surface area contributed by atoms with E-state index in [1.54, 1.807) is 0 Å². The minimum absolute atomic E-state index is 0.0962. The van der Waals surface area contributed by atoms with E-state index in [2.05, 4.69) is 106 Å². The van der Waals surface area contributed by atoms with Crippen LogP contribution in [-0.2, 0) is 28.6 Å². The first-order valence-electron chi connectivity index (χ1n) is 21.6. The zero-order valence-electron chi connectivity index (χ0n) is 34.7. The van der Waals surface area contributed by atoms with E-state index in [9.17, 15) is 14.4 Å². The molecule has 0 bridgehead atoms. The molecule has 54 heavy (non-hydrogen) atoms. The molecule has 0 saturated heterocycles. The van der Waals surface area contributed by atoms with Gasteiger partial charge < -0.3 is 14.2 Å². The summed E-state index contributed by atoms with van der Waals surface area (Å²) in [7, 11) is 0. The van der Waals surface area contributed by atoms with Gasteiger partial charge in [0.15, 0.2) is 6.10 Å². The fourth-order valence-electron chi connectivity index (χ4n) is 5.39. The van der Waals surface area contributed by atoms with Crippen molar-refractivity contribution in [3.8, 4) is 0 Å². The van der Waals surface area contributed by atoms with E-state index in [1.165, 1.54) is 12.8 Å². The van der Waals surface area contributed by atoms with E-state index in [1.807, 2.05) is 0 Å². The average Bonchev–Trinajstić information content (AvgIpc) is 3.17. The van der Waals surface area contributed by atoms with E-state index < -0.39 is 6.10 Å². The Bertz CT molecular complexity index is 1090. The van der Waals surface area contributed by atoms with Crippen molar-refractivity contribution >= 4 is 17.9 Å². The van der Waals surface area contributed by atoms with Crippen LogP contribution in [0, 0.1) is 0 Å². The number of esters is 3. The Morgan fingerprint density at radius 2 is 0.759 bits per heavy atom. The molecule has 1 atom stereocenters. The van der Waals surface area contributed by atoms with Crippen molar-refractivity contribution in [2.75, 3.05) is 13.2 Å². The maximum atomic E-state index is 12.6. The summed E-state index contributed by atoms with van der Waals surface area (Å²) in [5.74, 6) is -0.978. The van der Waals surface area contributed by atoms with Crippen LogP contribution >= 0.6 is 0 Å². The topological polar surface area (TPSA) is 78.9 Å². The van der Waals surface area contributed by atoms with Crippen LogP contribution in [0.3, 0.4) is 0 Å². The predicted octanol–water partition coefficient (Wildman–Crippen LogP) is 13.7. The molecule has 0 aromatic carbocycles. The summed E-state index contributed by atoms with van der Waals surface area (Å²) in [5.41, 5.74) is 0. The first-order valence-corrected chi connectivity index (χ1v) is 21.6. The van der Waals surface area contributed by atoms with Crippen LogP contribution in [0.2, 0.25) is 0 Å². The van der Waals surface area contributed by atoms with Gasteiger partial charge in [-0.15, -0.1) is 0 Å². The summed E-state index contributed by atoms with van der Waals surface area (Å²) >= 11 is 0. The Labute approximate surface area is 331 Å². The lowest BCUT2D eigenvalue weighted by Crippen LogP contribution is -2.30. The summed E-state index contributed by atoms with van der Waals surface area (Å²) in [5, 5.41) is 0. The van der Waals surface area contributed by atoms with Crippen molar-refractivity contribution in [2.24, 2.45) is 0 Å². The van der Waals surface area contributed by atoms with Crippen molar-refractivity contribution in [1.82, 2.24) is 0 Å². The van der Waals surface area contributed by atoms with Crippen LogP contribution in [0.15, 0.2) is 85.1 Å². The fourth-order valence-corrected chi connectivity index (χ4v) is 5.39. The molecule has 0 rings (SSSR count). The number of hydrogen-bond donors (Lipinski definition) is 0. The van der Waals surface area contributed by atoms with Gasteiger partial charge in [0, 0.05) is 19.3 Å². The van der Waals surface area contributed by atoms with Gasteiger partial charge in [-0.05, 0) is 89.9 Å². The van der Waals surface area contributed by atoms with Crippen molar-refractivity contribution in [3.63, 3.8) is 0 Å². The van der Waals surface area contributed by atoms with Crippen LogP contribution in [0.25, 0.3) is 0 Å². The molecule has 0 radical (unpaired) electrons. The lowest BCUT2D eigenvalue weighted by Gasteiger charge is -2.18. The van der Waals surface area contributed by atoms with E-state index in [4.69, 9.17) is 14.2 Å². The number of unbranched alkanes of at least 4 members (excludes halogenated alkanes) is 12. The van der Waals surface area contributed by atoms with Gasteiger partial charge in [-0.3, -0.25) is 14.4 Å². The second-order valence-corrected chi connectivity index (χ2v) is 13.9. The lowest BCUT2D eigenvalue weighted by molar-refractivity contribution is -0.167. The molecular weight excluding hydrogens is 673 g/mol. The normalized spacial score (nSPS) is 12.9. The lowest BCUT2D eigenvalue weighted by atomic mass is 10.1. The minimum atomic E-state index is -0.792. The van der Waals surface area contributed by atoms with Crippen molar-refractivity contribution in [1.29, 1.82) is 0 Å². The van der Waals surface area contributed by atoms with Crippen LogP contribution in [0.4, 0.5) is 0 Å². The number of allylic oxidation sites excluding steroid dienone is 14. The Hall–Kier alpha value is -3.41. The number of carbonyl (C=O) groups is 3. The third-order valence-electron chi connectivity index (χ3n) is 8.61. The Morgan fingerprint density at radius 3 is 1.26 bits per heavy atom. The van der Waals surface area contributed by atoms with E-state index >= 15 is 0 Å². The van der Waals surface area contributed by atoms with Gasteiger partial charge in [0.05, 0.1) is 0 Å². The molecule has 306 valence electrons.